The van der Waals surface area contributed by atoms with Crippen LogP contribution < -0.4 is 10.1 Å². The number of nitriles is 1. The van der Waals surface area contributed by atoms with Crippen molar-refractivity contribution in [2.75, 3.05) is 37.3 Å². The molecule has 0 radical (unpaired) electrons. The molecule has 2 aromatic carbocycles. The first kappa shape index (κ1) is 21.1. The van der Waals surface area contributed by atoms with Gasteiger partial charge in [-0.05, 0) is 49.2 Å². The van der Waals surface area contributed by atoms with Gasteiger partial charge in [0.25, 0.3) is 5.91 Å². The molecule has 0 bridgehead atoms. The van der Waals surface area contributed by atoms with Crippen LogP contribution >= 0.6 is 11.8 Å². The van der Waals surface area contributed by atoms with Crippen LogP contribution in [0.3, 0.4) is 0 Å². The number of nitrogens with zero attached hydrogens (tertiary/aromatic N) is 3. The van der Waals surface area contributed by atoms with Crippen molar-refractivity contribution in [1.82, 2.24) is 9.80 Å². The molecule has 2 aliphatic rings. The lowest BCUT2D eigenvalue weighted by Crippen LogP contribution is -2.55. The van der Waals surface area contributed by atoms with Crippen LogP contribution in [0.1, 0.15) is 18.4 Å². The summed E-state index contributed by atoms with van der Waals surface area (Å²) in [6.07, 6.45) is 1.46. The van der Waals surface area contributed by atoms with Crippen LogP contribution in [0.4, 0.5) is 10.5 Å². The molecule has 7 nitrogen and oxygen atoms in total. The van der Waals surface area contributed by atoms with Gasteiger partial charge in [-0.25, -0.2) is 4.79 Å². The minimum atomic E-state index is -0.262. The maximum Gasteiger partial charge on any atom is 0.321 e. The number of nitrogens with one attached hydrogen (secondary N) is 1. The van der Waals surface area contributed by atoms with Gasteiger partial charge < -0.3 is 19.9 Å². The Kier molecular flexibility index (Phi) is 6.33. The molecule has 2 saturated heterocycles. The molecule has 2 fully saturated rings. The quantitative estimate of drug-likeness (QED) is 0.792. The molecule has 31 heavy (non-hydrogen) atoms. The molecule has 0 aliphatic carbocycles. The number of benzene rings is 2. The predicted molar refractivity (Wildman–Crippen MR) is 120 cm³/mol. The second-order valence-electron chi connectivity index (χ2n) is 7.55. The molecular formula is C23H24N4O3S. The standard InChI is InChI=1S/C23H24N4O3S/c24-16-18-6-8-19(9-7-18)25-22(29)26-12-10-23(11-13-26)27(14-15-31-23)21(28)17-30-20-4-2-1-3-5-20/h1-9H,10-15,17H2,(H,25,29). The number of para-hydroxylation sites is 1. The van der Waals surface area contributed by atoms with E-state index in [2.05, 4.69) is 11.4 Å². The molecule has 4 rings (SSSR count). The number of rotatable bonds is 4. The Morgan fingerprint density at radius 3 is 2.45 bits per heavy atom. The van der Waals surface area contributed by atoms with Crippen molar-refractivity contribution < 1.29 is 14.3 Å². The summed E-state index contributed by atoms with van der Waals surface area (Å²) in [5.74, 6) is 1.57. The molecule has 0 unspecified atom stereocenters. The molecule has 1 N–H and O–H groups in total. The summed E-state index contributed by atoms with van der Waals surface area (Å²) in [4.78, 5) is 29.0. The summed E-state index contributed by atoms with van der Waals surface area (Å²) in [6, 6.07) is 18.1. The Labute approximate surface area is 186 Å². The fraction of sp³-hybridized carbons (Fsp3) is 0.348. The van der Waals surface area contributed by atoms with Crippen LogP contribution in [0, 0.1) is 11.3 Å². The number of ether oxygens (including phenoxy) is 1. The van der Waals surface area contributed by atoms with Gasteiger partial charge >= 0.3 is 6.03 Å². The molecule has 0 saturated carbocycles. The van der Waals surface area contributed by atoms with Gasteiger partial charge in [-0.3, -0.25) is 4.79 Å². The summed E-state index contributed by atoms with van der Waals surface area (Å²) in [5, 5.41) is 11.8. The second kappa shape index (κ2) is 9.31. The van der Waals surface area contributed by atoms with Crippen LogP contribution in [0.2, 0.25) is 0 Å². The van der Waals surface area contributed by atoms with Crippen molar-refractivity contribution in [2.24, 2.45) is 0 Å². The van der Waals surface area contributed by atoms with Crippen LogP contribution in [-0.2, 0) is 4.79 Å². The maximum atomic E-state index is 12.9. The first-order valence-electron chi connectivity index (χ1n) is 10.3. The van der Waals surface area contributed by atoms with E-state index in [0.717, 1.165) is 18.6 Å². The van der Waals surface area contributed by atoms with E-state index in [1.165, 1.54) is 0 Å². The summed E-state index contributed by atoms with van der Waals surface area (Å²) >= 11 is 1.81. The van der Waals surface area contributed by atoms with E-state index in [4.69, 9.17) is 10.00 Å². The van der Waals surface area contributed by atoms with E-state index in [9.17, 15) is 9.59 Å². The SMILES string of the molecule is N#Cc1ccc(NC(=O)N2CCC3(CC2)SCCN3C(=O)COc2ccccc2)cc1. The zero-order valence-corrected chi connectivity index (χ0v) is 17.9. The van der Waals surface area contributed by atoms with Gasteiger partial charge in [-0.2, -0.15) is 5.26 Å². The molecule has 2 aromatic rings. The summed E-state index contributed by atoms with van der Waals surface area (Å²) < 4.78 is 5.66. The largest absolute Gasteiger partial charge is 0.484 e. The van der Waals surface area contributed by atoms with Gasteiger partial charge in [-0.15, -0.1) is 11.8 Å². The Morgan fingerprint density at radius 2 is 1.77 bits per heavy atom. The second-order valence-corrected chi connectivity index (χ2v) is 9.00. The van der Waals surface area contributed by atoms with E-state index in [1.54, 1.807) is 40.9 Å². The predicted octanol–water partition coefficient (Wildman–Crippen LogP) is 3.54. The number of carbonyl (C=O) groups excluding carboxylic acids is 2. The Balaban J connectivity index is 1.32. The summed E-state index contributed by atoms with van der Waals surface area (Å²) in [5.41, 5.74) is 1.21. The minimum absolute atomic E-state index is 0.00987. The van der Waals surface area contributed by atoms with Gasteiger partial charge in [0.15, 0.2) is 6.61 Å². The molecule has 1 spiro atoms. The van der Waals surface area contributed by atoms with E-state index >= 15 is 0 Å². The summed E-state index contributed by atoms with van der Waals surface area (Å²) in [6.45, 7) is 1.89. The first-order valence-corrected chi connectivity index (χ1v) is 11.3. The average Bonchev–Trinajstić information content (AvgIpc) is 3.22. The zero-order valence-electron chi connectivity index (χ0n) is 17.1. The number of amides is 3. The fourth-order valence-corrected chi connectivity index (χ4v) is 5.48. The molecule has 2 aliphatic heterocycles. The molecular weight excluding hydrogens is 412 g/mol. The average molecular weight is 437 g/mol. The van der Waals surface area contributed by atoms with E-state index < -0.39 is 0 Å². The highest BCUT2D eigenvalue weighted by Gasteiger charge is 2.46. The highest BCUT2D eigenvalue weighted by atomic mass is 32.2. The number of carbonyl (C=O) groups is 2. The lowest BCUT2D eigenvalue weighted by Gasteiger charge is -2.43. The van der Waals surface area contributed by atoms with Gasteiger partial charge in [0.2, 0.25) is 0 Å². The number of anilines is 1. The number of hydrogen-bond acceptors (Lipinski definition) is 5. The lowest BCUT2D eigenvalue weighted by atomic mass is 10.0. The lowest BCUT2D eigenvalue weighted by molar-refractivity contribution is -0.136. The minimum Gasteiger partial charge on any atom is -0.484 e. The van der Waals surface area contributed by atoms with E-state index in [1.807, 2.05) is 35.2 Å². The normalized spacial score (nSPS) is 17.3. The van der Waals surface area contributed by atoms with Gasteiger partial charge in [0, 0.05) is 31.1 Å². The maximum absolute atomic E-state index is 12.9. The molecule has 3 amide bonds. The molecule has 8 heteroatoms. The Hall–Kier alpha value is -3.18. The van der Waals surface area contributed by atoms with Crippen LogP contribution in [0.5, 0.6) is 5.75 Å². The first-order chi connectivity index (χ1) is 15.1. The van der Waals surface area contributed by atoms with Gasteiger partial charge in [0.1, 0.15) is 5.75 Å². The number of thioether (sulfide) groups is 1. The fourth-order valence-electron chi connectivity index (χ4n) is 4.00. The molecule has 0 atom stereocenters. The van der Waals surface area contributed by atoms with Gasteiger partial charge in [0.05, 0.1) is 16.5 Å². The van der Waals surface area contributed by atoms with Crippen LogP contribution in [0.25, 0.3) is 0 Å². The number of likely N-dealkylation sites (tertiary alicyclic amines) is 1. The van der Waals surface area contributed by atoms with E-state index in [0.29, 0.717) is 36.6 Å². The molecule has 160 valence electrons. The number of piperidine rings is 1. The smallest absolute Gasteiger partial charge is 0.321 e. The van der Waals surface area contributed by atoms with Crippen molar-refractivity contribution in [3.63, 3.8) is 0 Å². The third kappa shape index (κ3) is 4.78. The highest BCUT2D eigenvalue weighted by Crippen LogP contribution is 2.44. The molecule has 2 heterocycles. The number of urea groups is 1. The third-order valence-corrected chi connectivity index (χ3v) is 7.23. The monoisotopic (exact) mass is 436 g/mol. The topological polar surface area (TPSA) is 85.7 Å². The number of hydrogen-bond donors (Lipinski definition) is 1. The van der Waals surface area contributed by atoms with Crippen molar-refractivity contribution in [2.45, 2.75) is 17.7 Å². The third-order valence-electron chi connectivity index (χ3n) is 5.68. The Morgan fingerprint density at radius 1 is 1.06 bits per heavy atom. The summed E-state index contributed by atoms with van der Waals surface area (Å²) in [7, 11) is 0. The van der Waals surface area contributed by atoms with Crippen molar-refractivity contribution in [3.8, 4) is 11.8 Å². The van der Waals surface area contributed by atoms with Crippen molar-refractivity contribution in [3.05, 3.63) is 60.2 Å². The highest BCUT2D eigenvalue weighted by molar-refractivity contribution is 8.00. The van der Waals surface area contributed by atoms with Crippen molar-refractivity contribution >= 4 is 29.4 Å². The van der Waals surface area contributed by atoms with Crippen LogP contribution in [-0.4, -0.2) is 58.6 Å². The van der Waals surface area contributed by atoms with Crippen molar-refractivity contribution in [1.29, 1.82) is 5.26 Å². The van der Waals surface area contributed by atoms with E-state index in [-0.39, 0.29) is 23.4 Å². The zero-order chi connectivity index (χ0) is 21.7. The molecule has 0 aromatic heterocycles. The van der Waals surface area contributed by atoms with Crippen LogP contribution in [0.15, 0.2) is 54.6 Å². The van der Waals surface area contributed by atoms with Gasteiger partial charge in [-0.1, -0.05) is 18.2 Å². The Bertz CT molecular complexity index is 967.